The number of hydrogen-bond acceptors (Lipinski definition) is 5. The van der Waals surface area contributed by atoms with Gasteiger partial charge in [0.25, 0.3) is 0 Å². The Balaban J connectivity index is 2.04. The van der Waals surface area contributed by atoms with Gasteiger partial charge in [0.1, 0.15) is 12.1 Å². The molecule has 0 unspecified atom stereocenters. The van der Waals surface area contributed by atoms with E-state index in [-0.39, 0.29) is 0 Å². The molecule has 0 amide bonds. The lowest BCUT2D eigenvalue weighted by molar-refractivity contribution is 0.585. The Morgan fingerprint density at radius 3 is 2.85 bits per heavy atom. The van der Waals surface area contributed by atoms with Gasteiger partial charge in [-0.2, -0.15) is 0 Å². The number of anilines is 1. The maximum atomic E-state index is 11.5. The molecule has 1 aliphatic heterocycles. The molecular weight excluding hydrogens is 276 g/mol. The third kappa shape index (κ3) is 2.23. The molecule has 2 heterocycles. The van der Waals surface area contributed by atoms with Gasteiger partial charge in [-0.05, 0) is 25.0 Å². The Bertz CT molecular complexity index is 755. The number of sulfonamides is 1. The van der Waals surface area contributed by atoms with Crippen molar-refractivity contribution in [3.63, 3.8) is 0 Å². The highest BCUT2D eigenvalue weighted by molar-refractivity contribution is 7.89. The van der Waals surface area contributed by atoms with Crippen LogP contribution in [0, 0.1) is 6.92 Å². The van der Waals surface area contributed by atoms with Gasteiger partial charge in [-0.25, -0.2) is 23.5 Å². The number of fused-ring (bicyclic) bond motifs is 1. The molecule has 0 spiro atoms. The van der Waals surface area contributed by atoms with Crippen LogP contribution in [0.1, 0.15) is 12.0 Å². The van der Waals surface area contributed by atoms with E-state index < -0.39 is 15.3 Å². The Morgan fingerprint density at radius 1 is 1.35 bits per heavy atom. The molecule has 0 saturated carbocycles. The summed E-state index contributed by atoms with van der Waals surface area (Å²) in [5, 5.41) is 5.70. The zero-order chi connectivity index (χ0) is 14.3. The standard InChI is InChI=1S/C13H16N4O2S/c1-9-3-2-4-11-12(9)13(16-8-15-11)17-6-5-10(7-17)20(14,18)19/h2-4,8,10H,5-7H2,1H3,(H2,14,18,19)/t10-/m1/s1. The molecule has 1 atom stereocenters. The highest BCUT2D eigenvalue weighted by Crippen LogP contribution is 2.29. The van der Waals surface area contributed by atoms with Gasteiger partial charge in [0.2, 0.25) is 10.0 Å². The fraction of sp³-hybridized carbons (Fsp3) is 0.385. The van der Waals surface area contributed by atoms with Crippen LogP contribution in [-0.4, -0.2) is 36.7 Å². The van der Waals surface area contributed by atoms with Crippen molar-refractivity contribution < 1.29 is 8.42 Å². The number of aryl methyl sites for hydroxylation is 1. The van der Waals surface area contributed by atoms with Gasteiger partial charge < -0.3 is 4.90 Å². The Morgan fingerprint density at radius 2 is 2.15 bits per heavy atom. The minimum Gasteiger partial charge on any atom is -0.355 e. The summed E-state index contributed by atoms with van der Waals surface area (Å²) in [6.07, 6.45) is 2.05. The molecule has 0 aliphatic carbocycles. The summed E-state index contributed by atoms with van der Waals surface area (Å²) in [5.74, 6) is 0.791. The number of primary sulfonamides is 1. The molecule has 7 heteroatoms. The van der Waals surface area contributed by atoms with Crippen molar-refractivity contribution >= 4 is 26.7 Å². The summed E-state index contributed by atoms with van der Waals surface area (Å²) in [5.41, 5.74) is 1.95. The van der Waals surface area contributed by atoms with Gasteiger partial charge in [0, 0.05) is 18.5 Å². The van der Waals surface area contributed by atoms with Crippen LogP contribution in [0.3, 0.4) is 0 Å². The van der Waals surface area contributed by atoms with Crippen LogP contribution in [-0.2, 0) is 10.0 Å². The van der Waals surface area contributed by atoms with E-state index >= 15 is 0 Å². The molecule has 1 aromatic heterocycles. The first-order chi connectivity index (χ1) is 9.47. The van der Waals surface area contributed by atoms with Crippen molar-refractivity contribution in [1.29, 1.82) is 0 Å². The topological polar surface area (TPSA) is 89.2 Å². The molecule has 2 aromatic rings. The molecule has 0 radical (unpaired) electrons. The summed E-state index contributed by atoms with van der Waals surface area (Å²) >= 11 is 0. The lowest BCUT2D eigenvalue weighted by Crippen LogP contribution is -2.32. The van der Waals surface area contributed by atoms with E-state index in [4.69, 9.17) is 5.14 Å². The molecular formula is C13H16N4O2S. The number of rotatable bonds is 2. The molecule has 1 saturated heterocycles. The van der Waals surface area contributed by atoms with Gasteiger partial charge >= 0.3 is 0 Å². The number of hydrogen-bond donors (Lipinski definition) is 1. The summed E-state index contributed by atoms with van der Waals surface area (Å²) in [4.78, 5) is 10.6. The zero-order valence-corrected chi connectivity index (χ0v) is 12.0. The van der Waals surface area contributed by atoms with Crippen LogP contribution >= 0.6 is 0 Å². The van der Waals surface area contributed by atoms with E-state index in [2.05, 4.69) is 9.97 Å². The van der Waals surface area contributed by atoms with Crippen molar-refractivity contribution in [1.82, 2.24) is 9.97 Å². The second-order valence-electron chi connectivity index (χ2n) is 5.11. The Hall–Kier alpha value is -1.73. The summed E-state index contributed by atoms with van der Waals surface area (Å²) < 4.78 is 22.9. The molecule has 2 N–H and O–H groups in total. The number of nitrogens with zero attached hydrogens (tertiary/aromatic N) is 3. The van der Waals surface area contributed by atoms with E-state index in [9.17, 15) is 8.42 Å². The van der Waals surface area contributed by atoms with Crippen LogP contribution < -0.4 is 10.0 Å². The molecule has 6 nitrogen and oxygen atoms in total. The molecule has 3 rings (SSSR count). The monoisotopic (exact) mass is 292 g/mol. The van der Waals surface area contributed by atoms with Gasteiger partial charge in [-0.1, -0.05) is 12.1 Å². The predicted molar refractivity (Wildman–Crippen MR) is 78.0 cm³/mol. The van der Waals surface area contributed by atoms with E-state index in [0.717, 1.165) is 22.3 Å². The molecule has 106 valence electrons. The molecule has 1 aromatic carbocycles. The van der Waals surface area contributed by atoms with Gasteiger partial charge in [0.05, 0.1) is 10.8 Å². The number of aromatic nitrogens is 2. The van der Waals surface area contributed by atoms with Crippen molar-refractivity contribution in [3.8, 4) is 0 Å². The Labute approximate surface area is 117 Å². The highest BCUT2D eigenvalue weighted by Gasteiger charge is 2.32. The first-order valence-corrected chi connectivity index (χ1v) is 8.04. The molecule has 0 bridgehead atoms. The van der Waals surface area contributed by atoms with E-state index in [1.54, 1.807) is 0 Å². The Kier molecular flexibility index (Phi) is 3.10. The maximum Gasteiger partial charge on any atom is 0.213 e. The predicted octanol–water partition coefficient (Wildman–Crippen LogP) is 0.805. The molecule has 20 heavy (non-hydrogen) atoms. The third-order valence-corrected chi connectivity index (χ3v) is 5.07. The van der Waals surface area contributed by atoms with Crippen LogP contribution in [0.5, 0.6) is 0 Å². The van der Waals surface area contributed by atoms with Gasteiger partial charge in [-0.15, -0.1) is 0 Å². The second-order valence-corrected chi connectivity index (χ2v) is 6.96. The second kappa shape index (κ2) is 4.68. The van der Waals surface area contributed by atoms with Gasteiger partial charge in [-0.3, -0.25) is 0 Å². The average Bonchev–Trinajstić information content (AvgIpc) is 2.88. The summed E-state index contributed by atoms with van der Waals surface area (Å²) in [6, 6.07) is 5.88. The first-order valence-electron chi connectivity index (χ1n) is 6.43. The minimum absolute atomic E-state index is 0.388. The fourth-order valence-electron chi connectivity index (χ4n) is 2.69. The summed E-state index contributed by atoms with van der Waals surface area (Å²) in [7, 11) is -3.49. The zero-order valence-electron chi connectivity index (χ0n) is 11.2. The van der Waals surface area contributed by atoms with Crippen LogP contribution in [0.2, 0.25) is 0 Å². The van der Waals surface area contributed by atoms with Crippen LogP contribution in [0.25, 0.3) is 10.9 Å². The van der Waals surface area contributed by atoms with Crippen molar-refractivity contribution in [2.45, 2.75) is 18.6 Å². The molecule has 1 aliphatic rings. The van der Waals surface area contributed by atoms with Crippen LogP contribution in [0.15, 0.2) is 24.5 Å². The van der Waals surface area contributed by atoms with E-state index in [0.29, 0.717) is 19.5 Å². The largest absolute Gasteiger partial charge is 0.355 e. The third-order valence-electron chi connectivity index (χ3n) is 3.76. The average molecular weight is 292 g/mol. The maximum absolute atomic E-state index is 11.5. The van der Waals surface area contributed by atoms with E-state index in [1.165, 1.54) is 6.33 Å². The number of benzene rings is 1. The van der Waals surface area contributed by atoms with Gasteiger partial charge in [0.15, 0.2) is 0 Å². The van der Waals surface area contributed by atoms with Crippen molar-refractivity contribution in [3.05, 3.63) is 30.1 Å². The SMILES string of the molecule is Cc1cccc2ncnc(N3CC[C@@H](S(N)(=O)=O)C3)c12. The normalized spacial score (nSPS) is 19.7. The smallest absolute Gasteiger partial charge is 0.213 e. The minimum atomic E-state index is -3.49. The molecule has 1 fully saturated rings. The first kappa shape index (κ1) is 13.3. The lowest BCUT2D eigenvalue weighted by Gasteiger charge is -2.19. The van der Waals surface area contributed by atoms with Crippen LogP contribution in [0.4, 0.5) is 5.82 Å². The number of nitrogens with two attached hydrogens (primary N) is 1. The highest BCUT2D eigenvalue weighted by atomic mass is 32.2. The van der Waals surface area contributed by atoms with Crippen molar-refractivity contribution in [2.24, 2.45) is 5.14 Å². The quantitative estimate of drug-likeness (QED) is 0.884. The summed E-state index contributed by atoms with van der Waals surface area (Å²) in [6.45, 7) is 3.03. The van der Waals surface area contributed by atoms with Crippen molar-refractivity contribution in [2.75, 3.05) is 18.0 Å². The fourth-order valence-corrected chi connectivity index (χ4v) is 3.51. The lowest BCUT2D eigenvalue weighted by atomic mass is 10.1. The van der Waals surface area contributed by atoms with E-state index in [1.807, 2.05) is 30.0 Å².